The zero-order chi connectivity index (χ0) is 14.7. The first kappa shape index (κ1) is 13.6. The van der Waals surface area contributed by atoms with Crippen molar-refractivity contribution in [3.8, 4) is 0 Å². The minimum Gasteiger partial charge on any atom is -0.477 e. The van der Waals surface area contributed by atoms with Crippen molar-refractivity contribution >= 4 is 23.3 Å². The summed E-state index contributed by atoms with van der Waals surface area (Å²) in [5.74, 6) is -1.80. The second-order valence-corrected chi connectivity index (χ2v) is 4.33. The molecule has 1 amide bonds. The van der Waals surface area contributed by atoms with E-state index in [2.05, 4.69) is 15.3 Å². The number of benzene rings is 1. The van der Waals surface area contributed by atoms with E-state index in [1.807, 2.05) is 25.1 Å². The Bertz CT molecular complexity index is 649. The summed E-state index contributed by atoms with van der Waals surface area (Å²) in [5.41, 5.74) is 1.11. The molecule has 0 aliphatic heterocycles. The number of anilines is 2. The van der Waals surface area contributed by atoms with Crippen LogP contribution in [0.4, 0.5) is 11.4 Å². The van der Waals surface area contributed by atoms with Gasteiger partial charge in [-0.25, -0.2) is 9.78 Å². The summed E-state index contributed by atoms with van der Waals surface area (Å²) in [6, 6.07) is 7.20. The molecule has 2 rings (SSSR count). The van der Waals surface area contributed by atoms with Gasteiger partial charge in [-0.05, 0) is 18.2 Å². The van der Waals surface area contributed by atoms with Crippen LogP contribution in [0.2, 0.25) is 0 Å². The molecular formula is C13H14N4O3. The highest BCUT2D eigenvalue weighted by Crippen LogP contribution is 2.18. The lowest BCUT2D eigenvalue weighted by Crippen LogP contribution is -2.17. The maximum absolute atomic E-state index is 12.0. The molecule has 0 saturated heterocycles. The molecular weight excluding hydrogens is 260 g/mol. The molecule has 7 nitrogen and oxygen atoms in total. The molecule has 0 atom stereocenters. The zero-order valence-corrected chi connectivity index (χ0v) is 11.0. The average molecular weight is 274 g/mol. The van der Waals surface area contributed by atoms with E-state index in [0.717, 1.165) is 5.69 Å². The van der Waals surface area contributed by atoms with Crippen LogP contribution < -0.4 is 10.2 Å². The Morgan fingerprint density at radius 3 is 2.75 bits per heavy atom. The summed E-state index contributed by atoms with van der Waals surface area (Å²) in [6.07, 6.45) is 1.18. The summed E-state index contributed by atoms with van der Waals surface area (Å²) >= 11 is 0. The number of carboxylic acids is 1. The van der Waals surface area contributed by atoms with E-state index in [0.29, 0.717) is 5.69 Å². The Morgan fingerprint density at radius 1 is 1.35 bits per heavy atom. The lowest BCUT2D eigenvalue weighted by atomic mass is 10.2. The van der Waals surface area contributed by atoms with Crippen LogP contribution in [0.5, 0.6) is 0 Å². The number of imidazole rings is 1. The summed E-state index contributed by atoms with van der Waals surface area (Å²) < 4.78 is 0. The number of H-pyrrole nitrogens is 1. The number of nitrogens with one attached hydrogen (secondary N) is 2. The van der Waals surface area contributed by atoms with Gasteiger partial charge in [0.05, 0.1) is 6.33 Å². The Hall–Kier alpha value is -2.83. The lowest BCUT2D eigenvalue weighted by Gasteiger charge is -2.13. The van der Waals surface area contributed by atoms with Crippen molar-refractivity contribution in [3.63, 3.8) is 0 Å². The number of aromatic amines is 1. The fourth-order valence-corrected chi connectivity index (χ4v) is 1.68. The smallest absolute Gasteiger partial charge is 0.354 e. The number of carbonyl (C=O) groups is 2. The van der Waals surface area contributed by atoms with Gasteiger partial charge in [-0.1, -0.05) is 6.07 Å². The number of carboxylic acid groups (broad SMARTS) is 1. The molecule has 20 heavy (non-hydrogen) atoms. The number of rotatable bonds is 4. The number of hydrogen-bond acceptors (Lipinski definition) is 4. The summed E-state index contributed by atoms with van der Waals surface area (Å²) in [5, 5.41) is 11.6. The molecule has 0 bridgehead atoms. The second-order valence-electron chi connectivity index (χ2n) is 4.33. The molecule has 0 aliphatic carbocycles. The molecule has 2 aromatic rings. The van der Waals surface area contributed by atoms with Gasteiger partial charge in [-0.2, -0.15) is 0 Å². The van der Waals surface area contributed by atoms with E-state index in [1.165, 1.54) is 6.33 Å². The second kappa shape index (κ2) is 5.43. The van der Waals surface area contributed by atoms with Crippen molar-refractivity contribution in [2.75, 3.05) is 24.3 Å². The quantitative estimate of drug-likeness (QED) is 0.783. The number of aromatic carboxylic acids is 1. The van der Waals surface area contributed by atoms with Crippen LogP contribution in [0.3, 0.4) is 0 Å². The fraction of sp³-hybridized carbons (Fsp3) is 0.154. The standard InChI is InChI=1S/C13H14N4O3/c1-17(2)9-5-3-4-8(6-9)16-12(18)10-11(13(19)20)15-7-14-10/h3-7H,1-2H3,(H,14,15)(H,16,18)(H,19,20). The highest BCUT2D eigenvalue weighted by molar-refractivity contribution is 6.08. The highest BCUT2D eigenvalue weighted by Gasteiger charge is 2.19. The van der Waals surface area contributed by atoms with Gasteiger partial charge in [-0.3, -0.25) is 4.79 Å². The topological polar surface area (TPSA) is 98.3 Å². The molecule has 0 spiro atoms. The molecule has 0 unspecified atom stereocenters. The van der Waals surface area contributed by atoms with E-state index in [4.69, 9.17) is 5.11 Å². The molecule has 3 N–H and O–H groups in total. The molecule has 0 aliphatic rings. The third kappa shape index (κ3) is 2.77. The van der Waals surface area contributed by atoms with Crippen LogP contribution in [-0.4, -0.2) is 41.0 Å². The Labute approximate surface area is 115 Å². The maximum Gasteiger partial charge on any atom is 0.354 e. The highest BCUT2D eigenvalue weighted by atomic mass is 16.4. The van der Waals surface area contributed by atoms with E-state index in [-0.39, 0.29) is 11.4 Å². The van der Waals surface area contributed by atoms with Crippen molar-refractivity contribution in [2.45, 2.75) is 0 Å². The van der Waals surface area contributed by atoms with E-state index < -0.39 is 11.9 Å². The molecule has 0 radical (unpaired) electrons. The van der Waals surface area contributed by atoms with Gasteiger partial charge in [0.15, 0.2) is 11.4 Å². The minimum absolute atomic E-state index is 0.146. The van der Waals surface area contributed by atoms with Crippen LogP contribution in [0, 0.1) is 0 Å². The molecule has 1 heterocycles. The minimum atomic E-state index is -1.23. The van der Waals surface area contributed by atoms with E-state index in [1.54, 1.807) is 18.2 Å². The molecule has 104 valence electrons. The fourth-order valence-electron chi connectivity index (χ4n) is 1.68. The Kier molecular flexibility index (Phi) is 3.69. The van der Waals surface area contributed by atoms with Crippen LogP contribution in [0.15, 0.2) is 30.6 Å². The van der Waals surface area contributed by atoms with Crippen LogP contribution in [0.1, 0.15) is 21.0 Å². The van der Waals surface area contributed by atoms with Crippen molar-refractivity contribution in [1.29, 1.82) is 0 Å². The van der Waals surface area contributed by atoms with E-state index >= 15 is 0 Å². The molecule has 0 fully saturated rings. The summed E-state index contributed by atoms with van der Waals surface area (Å²) in [4.78, 5) is 31.0. The molecule has 1 aromatic heterocycles. The predicted molar refractivity (Wildman–Crippen MR) is 74.3 cm³/mol. The molecule has 0 saturated carbocycles. The Balaban J connectivity index is 2.21. The van der Waals surface area contributed by atoms with Gasteiger partial charge in [0.1, 0.15) is 0 Å². The molecule has 1 aromatic carbocycles. The van der Waals surface area contributed by atoms with Crippen molar-refractivity contribution in [2.24, 2.45) is 0 Å². The first-order chi connectivity index (χ1) is 9.49. The predicted octanol–water partition coefficient (Wildman–Crippen LogP) is 1.43. The van der Waals surface area contributed by atoms with Gasteiger partial charge in [0, 0.05) is 25.5 Å². The SMILES string of the molecule is CN(C)c1cccc(NC(=O)c2nc[nH]c2C(=O)O)c1. The van der Waals surface area contributed by atoms with Crippen LogP contribution in [0.25, 0.3) is 0 Å². The third-order valence-electron chi connectivity index (χ3n) is 2.69. The van der Waals surface area contributed by atoms with E-state index in [9.17, 15) is 9.59 Å². The first-order valence-corrected chi connectivity index (χ1v) is 5.84. The van der Waals surface area contributed by atoms with Crippen molar-refractivity contribution in [3.05, 3.63) is 42.0 Å². The van der Waals surface area contributed by atoms with Crippen LogP contribution in [-0.2, 0) is 0 Å². The molecule has 7 heteroatoms. The normalized spacial score (nSPS) is 10.1. The summed E-state index contributed by atoms with van der Waals surface area (Å²) in [6.45, 7) is 0. The van der Waals surface area contributed by atoms with Gasteiger partial charge in [-0.15, -0.1) is 0 Å². The Morgan fingerprint density at radius 2 is 2.10 bits per heavy atom. The number of aromatic nitrogens is 2. The average Bonchev–Trinajstić information content (AvgIpc) is 2.88. The first-order valence-electron chi connectivity index (χ1n) is 5.84. The monoisotopic (exact) mass is 274 g/mol. The van der Waals surface area contributed by atoms with Crippen LogP contribution >= 0.6 is 0 Å². The summed E-state index contributed by atoms with van der Waals surface area (Å²) in [7, 11) is 3.77. The van der Waals surface area contributed by atoms with Gasteiger partial charge < -0.3 is 20.3 Å². The lowest BCUT2D eigenvalue weighted by molar-refractivity contribution is 0.0686. The third-order valence-corrected chi connectivity index (χ3v) is 2.69. The van der Waals surface area contributed by atoms with Gasteiger partial charge >= 0.3 is 5.97 Å². The number of carbonyl (C=O) groups excluding carboxylic acids is 1. The van der Waals surface area contributed by atoms with Crippen molar-refractivity contribution in [1.82, 2.24) is 9.97 Å². The number of amides is 1. The zero-order valence-electron chi connectivity index (χ0n) is 11.0. The van der Waals surface area contributed by atoms with Gasteiger partial charge in [0.25, 0.3) is 5.91 Å². The largest absolute Gasteiger partial charge is 0.477 e. The number of hydrogen-bond donors (Lipinski definition) is 3. The number of nitrogens with zero attached hydrogens (tertiary/aromatic N) is 2. The maximum atomic E-state index is 12.0. The van der Waals surface area contributed by atoms with Gasteiger partial charge in [0.2, 0.25) is 0 Å². The van der Waals surface area contributed by atoms with Crippen molar-refractivity contribution < 1.29 is 14.7 Å².